The van der Waals surface area contributed by atoms with Crippen molar-refractivity contribution in [2.45, 2.75) is 13.1 Å². The Morgan fingerprint density at radius 2 is 0.838 bits per heavy atom. The van der Waals surface area contributed by atoms with Gasteiger partial charge in [0.25, 0.3) is 0 Å². The zero-order valence-electron chi connectivity index (χ0n) is 21.0. The molecule has 0 atom stereocenters. The van der Waals surface area contributed by atoms with E-state index in [9.17, 15) is 0 Å². The van der Waals surface area contributed by atoms with Crippen LogP contribution in [-0.2, 0) is 0 Å². The van der Waals surface area contributed by atoms with Crippen molar-refractivity contribution < 1.29 is 0 Å². The maximum Gasteiger partial charge on any atom is 0.135 e. The summed E-state index contributed by atoms with van der Waals surface area (Å²) in [4.78, 5) is 0. The molecule has 0 fully saturated rings. The van der Waals surface area contributed by atoms with Gasteiger partial charge in [-0.2, -0.15) is 0 Å². The number of benzene rings is 4. The summed E-state index contributed by atoms with van der Waals surface area (Å²) in [6, 6.07) is 39.3. The quantitative estimate of drug-likeness (QED) is 0.200. The van der Waals surface area contributed by atoms with E-state index in [0.29, 0.717) is 0 Å². The van der Waals surface area contributed by atoms with Crippen molar-refractivity contribution in [1.29, 1.82) is 0 Å². The summed E-state index contributed by atoms with van der Waals surface area (Å²) in [5.74, 6) is 16.8. The number of hydrogen-bond acceptors (Lipinski definition) is 0. The summed E-state index contributed by atoms with van der Waals surface area (Å²) in [5, 5.41) is 2.42. The average molecular weight is 487 g/mol. The van der Waals surface area contributed by atoms with Crippen LogP contribution in [0.15, 0.2) is 126 Å². The van der Waals surface area contributed by atoms with Crippen LogP contribution in [0.2, 0.25) is 13.1 Å². The summed E-state index contributed by atoms with van der Waals surface area (Å²) < 4.78 is 0. The van der Waals surface area contributed by atoms with Crippen LogP contribution in [0.5, 0.6) is 0 Å². The van der Waals surface area contributed by atoms with Crippen LogP contribution in [-0.4, -0.2) is 8.07 Å². The van der Waals surface area contributed by atoms with Crippen LogP contribution in [0.4, 0.5) is 0 Å². The minimum Gasteiger partial charge on any atom is -0.115 e. The molecule has 0 saturated carbocycles. The lowest BCUT2D eigenvalue weighted by Crippen LogP contribution is -2.29. The van der Waals surface area contributed by atoms with E-state index >= 15 is 0 Å². The zero-order chi connectivity index (χ0) is 25.7. The molecule has 0 amide bonds. The minimum atomic E-state index is -2.24. The van der Waals surface area contributed by atoms with Crippen LogP contribution < -0.4 is 0 Å². The molecule has 0 aliphatic carbocycles. The van der Waals surface area contributed by atoms with Gasteiger partial charge in [0, 0.05) is 27.1 Å². The first kappa shape index (κ1) is 24.0. The van der Waals surface area contributed by atoms with Crippen LogP contribution in [0, 0.1) is 36.0 Å². The van der Waals surface area contributed by atoms with E-state index in [2.05, 4.69) is 115 Å². The van der Waals surface area contributed by atoms with Gasteiger partial charge in [-0.25, -0.2) is 0 Å². The van der Waals surface area contributed by atoms with E-state index in [-0.39, 0.29) is 0 Å². The Morgan fingerprint density at radius 1 is 0.459 bits per heavy atom. The topological polar surface area (TPSA) is 0 Å². The second kappa shape index (κ2) is 10.5. The lowest BCUT2D eigenvalue weighted by Gasteiger charge is -2.18. The molecule has 1 aliphatic heterocycles. The largest absolute Gasteiger partial charge is 0.135 e. The fraction of sp³-hybridized carbons (Fsp3) is 0.0556. The Balaban J connectivity index is 1.76. The number of allylic oxidation sites excluding steroid dienone is 4. The average Bonchev–Trinajstić information content (AvgIpc) is 3.18. The van der Waals surface area contributed by atoms with Gasteiger partial charge in [0.1, 0.15) is 8.07 Å². The molecule has 0 N–H and O–H groups in total. The van der Waals surface area contributed by atoms with Crippen LogP contribution in [0.3, 0.4) is 0 Å². The Hall–Kier alpha value is -4.74. The van der Waals surface area contributed by atoms with E-state index in [1.165, 1.54) is 32.7 Å². The Kier molecular flexibility index (Phi) is 6.79. The molecule has 0 bridgehead atoms. The van der Waals surface area contributed by atoms with E-state index in [1.807, 2.05) is 42.5 Å². The van der Waals surface area contributed by atoms with Gasteiger partial charge in [0.05, 0.1) is 0 Å². The van der Waals surface area contributed by atoms with Crippen LogP contribution in [0.1, 0.15) is 27.8 Å². The van der Waals surface area contributed by atoms with Crippen molar-refractivity contribution in [1.82, 2.24) is 0 Å². The highest BCUT2D eigenvalue weighted by molar-refractivity contribution is 6.96. The zero-order valence-corrected chi connectivity index (χ0v) is 22.0. The molecule has 0 aromatic heterocycles. The molecule has 5 rings (SSSR count). The summed E-state index contributed by atoms with van der Waals surface area (Å²) >= 11 is 0. The molecule has 0 spiro atoms. The van der Waals surface area contributed by atoms with E-state index in [1.54, 1.807) is 0 Å². The molecule has 4 aromatic rings. The summed E-state index contributed by atoms with van der Waals surface area (Å²) in [6.45, 7) is 4.73. The Bertz CT molecular complexity index is 1660. The van der Waals surface area contributed by atoms with Crippen LogP contribution in [0.25, 0.3) is 11.1 Å². The van der Waals surface area contributed by atoms with E-state index in [4.69, 9.17) is 6.42 Å². The van der Waals surface area contributed by atoms with Gasteiger partial charge >= 0.3 is 0 Å². The third-order valence-corrected chi connectivity index (χ3v) is 9.86. The second-order valence-corrected chi connectivity index (χ2v) is 13.7. The molecule has 37 heavy (non-hydrogen) atoms. The summed E-state index contributed by atoms with van der Waals surface area (Å²) in [6.07, 6.45) is 5.54. The molecule has 174 valence electrons. The van der Waals surface area contributed by atoms with Gasteiger partial charge < -0.3 is 0 Å². The first-order chi connectivity index (χ1) is 18.1. The van der Waals surface area contributed by atoms with Gasteiger partial charge in [-0.1, -0.05) is 122 Å². The second-order valence-electron chi connectivity index (χ2n) is 9.44. The van der Waals surface area contributed by atoms with Crippen LogP contribution >= 0.6 is 0 Å². The smallest absolute Gasteiger partial charge is 0.115 e. The fourth-order valence-corrected chi connectivity index (χ4v) is 7.45. The molecule has 4 aromatic carbocycles. The third-order valence-electron chi connectivity index (χ3n) is 6.61. The highest BCUT2D eigenvalue weighted by atomic mass is 28.3. The molecule has 1 heteroatoms. The maximum atomic E-state index is 5.54. The highest BCUT2D eigenvalue weighted by Crippen LogP contribution is 2.48. The van der Waals surface area contributed by atoms with Crippen molar-refractivity contribution in [2.75, 3.05) is 0 Å². The monoisotopic (exact) mass is 486 g/mol. The van der Waals surface area contributed by atoms with Crippen molar-refractivity contribution in [2.24, 2.45) is 0 Å². The number of rotatable bonds is 2. The minimum absolute atomic E-state index is 0.858. The predicted octanol–water partition coefficient (Wildman–Crippen LogP) is 7.78. The fourth-order valence-electron chi connectivity index (χ4n) is 4.67. The van der Waals surface area contributed by atoms with Gasteiger partial charge in [-0.15, -0.1) is 6.42 Å². The standard InChI is InChI=1S/C36H26Si/c1-4-28-20-22-30(23-21-28)25-27-34-36(32-18-12-7-13-19-32)35(31-16-10-6-11-17-31)33(37(34,2)3)26-24-29-14-8-5-9-15-29/h1,5-23H,2-3H3. The molecule has 0 radical (unpaired) electrons. The van der Waals surface area contributed by atoms with Crippen molar-refractivity contribution in [3.05, 3.63) is 153 Å². The number of terminal acetylenes is 1. The van der Waals surface area contributed by atoms with E-state index in [0.717, 1.165) is 16.7 Å². The summed E-state index contributed by atoms with van der Waals surface area (Å²) in [7, 11) is -2.24. The molecular formula is C36H26Si. The molecule has 0 nitrogen and oxygen atoms in total. The first-order valence-corrected chi connectivity index (χ1v) is 15.3. The van der Waals surface area contributed by atoms with Gasteiger partial charge in [-0.05, 0) is 58.7 Å². The highest BCUT2D eigenvalue weighted by Gasteiger charge is 2.41. The van der Waals surface area contributed by atoms with Gasteiger partial charge in [-0.3, -0.25) is 0 Å². The van der Waals surface area contributed by atoms with Gasteiger partial charge in [0.2, 0.25) is 0 Å². The van der Waals surface area contributed by atoms with Crippen molar-refractivity contribution in [3.8, 4) is 36.0 Å². The normalized spacial score (nSPS) is 13.8. The first-order valence-electron chi connectivity index (χ1n) is 12.3. The van der Waals surface area contributed by atoms with E-state index < -0.39 is 8.07 Å². The third kappa shape index (κ3) is 4.99. The molecule has 1 aliphatic rings. The Labute approximate surface area is 221 Å². The lowest BCUT2D eigenvalue weighted by molar-refractivity contribution is 1.58. The number of hydrogen-bond donors (Lipinski definition) is 0. The molecule has 0 unspecified atom stereocenters. The van der Waals surface area contributed by atoms with Gasteiger partial charge in [0.15, 0.2) is 0 Å². The van der Waals surface area contributed by atoms with Crippen molar-refractivity contribution >= 4 is 19.2 Å². The molecule has 0 saturated heterocycles. The summed E-state index contributed by atoms with van der Waals surface area (Å²) in [5.41, 5.74) is 7.58. The molecule has 1 heterocycles. The Morgan fingerprint density at radius 3 is 1.27 bits per heavy atom. The maximum absolute atomic E-state index is 5.54. The lowest BCUT2D eigenvalue weighted by atomic mass is 9.91. The van der Waals surface area contributed by atoms with Crippen molar-refractivity contribution in [3.63, 3.8) is 0 Å². The predicted molar refractivity (Wildman–Crippen MR) is 159 cm³/mol. The molecular weight excluding hydrogens is 460 g/mol. The SMILES string of the molecule is C#Cc1ccc(C#CC2=C(c3ccccc3)C(c3ccccc3)=C(C#Cc3ccccc3)[Si]2(C)C)cc1.